The van der Waals surface area contributed by atoms with Gasteiger partial charge >= 0.3 is 0 Å². The fourth-order valence-electron chi connectivity index (χ4n) is 2.62. The lowest BCUT2D eigenvalue weighted by Gasteiger charge is -2.30. The van der Waals surface area contributed by atoms with Crippen LogP contribution in [0.5, 0.6) is 0 Å². The van der Waals surface area contributed by atoms with E-state index in [2.05, 4.69) is 35.9 Å². The molecule has 6 heteroatoms. The first kappa shape index (κ1) is 13.9. The molecule has 2 N–H and O–H groups in total. The fraction of sp³-hybridized carbons (Fsp3) is 0.467. The molecule has 0 saturated carbocycles. The number of allylic oxidation sites excluding steroid dienone is 3. The molecule has 0 aromatic heterocycles. The van der Waals surface area contributed by atoms with Crippen LogP contribution >= 0.6 is 0 Å². The van der Waals surface area contributed by atoms with Crippen molar-refractivity contribution < 1.29 is 9.53 Å². The van der Waals surface area contributed by atoms with Gasteiger partial charge in [-0.1, -0.05) is 13.8 Å². The predicted molar refractivity (Wildman–Crippen MR) is 79.7 cm³/mol. The van der Waals surface area contributed by atoms with Crippen molar-refractivity contribution in [3.63, 3.8) is 0 Å². The molecule has 3 aliphatic rings. The molecule has 3 heterocycles. The van der Waals surface area contributed by atoms with Crippen LogP contribution in [0.15, 0.2) is 40.5 Å². The van der Waals surface area contributed by atoms with Gasteiger partial charge in [0, 0.05) is 30.5 Å². The second kappa shape index (κ2) is 5.37. The summed E-state index contributed by atoms with van der Waals surface area (Å²) >= 11 is 0. The molecule has 21 heavy (non-hydrogen) atoms. The third-order valence-electron chi connectivity index (χ3n) is 3.89. The molecule has 0 spiro atoms. The highest BCUT2D eigenvalue weighted by Gasteiger charge is 2.33. The van der Waals surface area contributed by atoms with E-state index in [0.717, 1.165) is 22.9 Å². The number of rotatable bonds is 3. The number of hydrazine groups is 1. The van der Waals surface area contributed by atoms with E-state index >= 15 is 0 Å². The minimum atomic E-state index is -0.0290. The van der Waals surface area contributed by atoms with Gasteiger partial charge in [-0.25, -0.2) is 15.9 Å². The zero-order chi connectivity index (χ0) is 15.0. The van der Waals surface area contributed by atoms with E-state index in [0.29, 0.717) is 18.8 Å². The van der Waals surface area contributed by atoms with E-state index in [1.807, 2.05) is 17.2 Å². The third-order valence-corrected chi connectivity index (χ3v) is 3.89. The number of hydrogen-bond donors (Lipinski definition) is 2. The molecule has 0 aromatic carbocycles. The molecule has 0 aromatic rings. The summed E-state index contributed by atoms with van der Waals surface area (Å²) in [5.74, 6) is 1.20. The maximum atomic E-state index is 11.3. The van der Waals surface area contributed by atoms with Gasteiger partial charge in [-0.15, -0.1) is 0 Å². The highest BCUT2D eigenvalue weighted by molar-refractivity contribution is 6.07. The van der Waals surface area contributed by atoms with Crippen molar-refractivity contribution in [1.82, 2.24) is 15.9 Å². The first-order valence-corrected chi connectivity index (χ1v) is 7.20. The lowest BCUT2D eigenvalue weighted by Crippen LogP contribution is -2.41. The van der Waals surface area contributed by atoms with Crippen LogP contribution in [-0.2, 0) is 9.53 Å². The van der Waals surface area contributed by atoms with Crippen molar-refractivity contribution in [2.24, 2.45) is 11.0 Å². The molecule has 1 atom stereocenters. The number of carbonyl (C=O) groups excluding carboxylic acids is 1. The second-order valence-corrected chi connectivity index (χ2v) is 5.67. The van der Waals surface area contributed by atoms with Crippen molar-refractivity contribution in [2.45, 2.75) is 32.7 Å². The minimum Gasteiger partial charge on any atom is -0.481 e. The van der Waals surface area contributed by atoms with Crippen LogP contribution in [0.4, 0.5) is 0 Å². The number of fused-ring (bicyclic) bond motifs is 1. The van der Waals surface area contributed by atoms with Crippen molar-refractivity contribution in [3.05, 3.63) is 35.4 Å². The second-order valence-electron chi connectivity index (χ2n) is 5.67. The number of hydrogen-bond acceptors (Lipinski definition) is 5. The van der Waals surface area contributed by atoms with Crippen LogP contribution in [-0.4, -0.2) is 29.8 Å². The number of nitrogens with one attached hydrogen (secondary N) is 2. The Morgan fingerprint density at radius 1 is 1.38 bits per heavy atom. The fourth-order valence-corrected chi connectivity index (χ4v) is 2.62. The van der Waals surface area contributed by atoms with Crippen LogP contribution < -0.4 is 10.9 Å². The van der Waals surface area contributed by atoms with Gasteiger partial charge < -0.3 is 4.74 Å². The summed E-state index contributed by atoms with van der Waals surface area (Å²) in [5.41, 5.74) is 8.98. The van der Waals surface area contributed by atoms with Crippen LogP contribution in [0.3, 0.4) is 0 Å². The molecule has 0 saturated heterocycles. The number of carbonyl (C=O) groups is 1. The Morgan fingerprint density at radius 3 is 2.81 bits per heavy atom. The summed E-state index contributed by atoms with van der Waals surface area (Å²) in [6, 6.07) is 0.249. The summed E-state index contributed by atoms with van der Waals surface area (Å²) in [4.78, 5) is 11.3. The summed E-state index contributed by atoms with van der Waals surface area (Å²) in [5, 5.41) is 6.16. The molecule has 0 radical (unpaired) electrons. The van der Waals surface area contributed by atoms with Gasteiger partial charge in [-0.05, 0) is 18.1 Å². The molecule has 3 rings (SSSR count). The van der Waals surface area contributed by atoms with Gasteiger partial charge in [0.25, 0.3) is 0 Å². The first-order valence-electron chi connectivity index (χ1n) is 7.20. The Labute approximate surface area is 124 Å². The molecular weight excluding hydrogens is 268 g/mol. The Bertz CT molecular complexity index is 586. The summed E-state index contributed by atoms with van der Waals surface area (Å²) in [6.07, 6.45) is 7.25. The van der Waals surface area contributed by atoms with Crippen molar-refractivity contribution in [3.8, 4) is 0 Å². The van der Waals surface area contributed by atoms with Gasteiger partial charge in [0.2, 0.25) is 11.8 Å². The first-order chi connectivity index (χ1) is 10.1. The van der Waals surface area contributed by atoms with Gasteiger partial charge in [0.1, 0.15) is 0 Å². The van der Waals surface area contributed by atoms with Crippen molar-refractivity contribution >= 4 is 11.6 Å². The van der Waals surface area contributed by atoms with Crippen molar-refractivity contribution in [1.29, 1.82) is 0 Å². The van der Waals surface area contributed by atoms with E-state index in [1.165, 1.54) is 0 Å². The Balaban J connectivity index is 1.96. The zero-order valence-electron chi connectivity index (χ0n) is 12.5. The highest BCUT2D eigenvalue weighted by Crippen LogP contribution is 2.32. The molecule has 0 bridgehead atoms. The summed E-state index contributed by atoms with van der Waals surface area (Å²) in [6.45, 7) is 4.34. The molecule has 112 valence electrons. The average molecular weight is 288 g/mol. The van der Waals surface area contributed by atoms with Crippen LogP contribution in [0.25, 0.3) is 0 Å². The highest BCUT2D eigenvalue weighted by atomic mass is 16.5. The third kappa shape index (κ3) is 2.47. The van der Waals surface area contributed by atoms with Gasteiger partial charge in [-0.2, -0.15) is 5.10 Å². The van der Waals surface area contributed by atoms with E-state index in [4.69, 9.17) is 4.74 Å². The SMILES string of the molecule is COC1=CC=C(C2=NNC(=O)CC2)C2=CC(C(C)C)NN12. The van der Waals surface area contributed by atoms with Crippen LogP contribution in [0, 0.1) is 5.92 Å². The number of methoxy groups -OCH3 is 1. The molecule has 0 aliphatic carbocycles. The smallest absolute Gasteiger partial charge is 0.240 e. The molecular formula is C15H20N4O2. The van der Waals surface area contributed by atoms with Gasteiger partial charge in [0.05, 0.1) is 18.5 Å². The molecule has 6 nitrogen and oxygen atoms in total. The summed E-state index contributed by atoms with van der Waals surface area (Å²) < 4.78 is 5.42. The quantitative estimate of drug-likeness (QED) is 0.824. The lowest BCUT2D eigenvalue weighted by atomic mass is 9.97. The maximum absolute atomic E-state index is 11.3. The normalized spacial score (nSPS) is 24.9. The standard InChI is InChI=1S/C15H20N4O2/c1-9(2)12-8-13-10(11-5-6-14(20)17-16-11)4-7-15(21-3)19(13)18-12/h4,7-9,12,18H,5-6H2,1-3H3,(H,17,20). The number of ether oxygens (including phenoxy) is 1. The van der Waals surface area contributed by atoms with E-state index in [-0.39, 0.29) is 11.9 Å². The van der Waals surface area contributed by atoms with Gasteiger partial charge in [-0.3, -0.25) is 4.79 Å². The van der Waals surface area contributed by atoms with Crippen LogP contribution in [0.1, 0.15) is 26.7 Å². The zero-order valence-corrected chi connectivity index (χ0v) is 12.5. The predicted octanol–water partition coefficient (Wildman–Crippen LogP) is 1.41. The minimum absolute atomic E-state index is 0.0290. The number of amides is 1. The average Bonchev–Trinajstić information content (AvgIpc) is 2.92. The maximum Gasteiger partial charge on any atom is 0.240 e. The molecule has 1 amide bonds. The Kier molecular flexibility index (Phi) is 3.55. The topological polar surface area (TPSA) is 66.0 Å². The Morgan fingerprint density at radius 2 is 2.19 bits per heavy atom. The molecule has 0 fully saturated rings. The lowest BCUT2D eigenvalue weighted by molar-refractivity contribution is -0.121. The monoisotopic (exact) mass is 288 g/mol. The summed E-state index contributed by atoms with van der Waals surface area (Å²) in [7, 11) is 1.66. The van der Waals surface area contributed by atoms with E-state index in [9.17, 15) is 4.79 Å². The largest absolute Gasteiger partial charge is 0.481 e. The van der Waals surface area contributed by atoms with Crippen molar-refractivity contribution in [2.75, 3.05) is 7.11 Å². The van der Waals surface area contributed by atoms with Crippen LogP contribution in [0.2, 0.25) is 0 Å². The number of nitrogens with zero attached hydrogens (tertiary/aromatic N) is 2. The van der Waals surface area contributed by atoms with E-state index in [1.54, 1.807) is 7.11 Å². The Hall–Kier alpha value is -2.08. The van der Waals surface area contributed by atoms with Gasteiger partial charge in [0.15, 0.2) is 0 Å². The number of hydrazone groups is 1. The molecule has 3 aliphatic heterocycles. The molecule has 1 unspecified atom stereocenters. The van der Waals surface area contributed by atoms with E-state index < -0.39 is 0 Å².